The molecule has 0 fully saturated rings. The molecule has 0 amide bonds. The van der Waals surface area contributed by atoms with Crippen molar-refractivity contribution in [2.24, 2.45) is 0 Å². The largest absolute Gasteiger partial charge is 0.333 e. The zero-order valence-corrected chi connectivity index (χ0v) is 8.47. The molecule has 0 aliphatic carbocycles. The summed E-state index contributed by atoms with van der Waals surface area (Å²) in [6, 6.07) is 1.88. The van der Waals surface area contributed by atoms with Crippen molar-refractivity contribution in [2.75, 3.05) is 0 Å². The highest BCUT2D eigenvalue weighted by Crippen LogP contribution is 2.19. The number of rotatable bonds is 2. The summed E-state index contributed by atoms with van der Waals surface area (Å²) in [6.45, 7) is 3.79. The first-order valence-corrected chi connectivity index (χ1v) is 4.62. The molecular weight excluding hydrogens is 196 g/mol. The number of hydrogen-bond acceptors (Lipinski definition) is 4. The van der Waals surface area contributed by atoms with Crippen molar-refractivity contribution >= 4 is 11.3 Å². The third kappa shape index (κ3) is 1.43. The lowest BCUT2D eigenvalue weighted by atomic mass is 10.3. The second kappa shape index (κ2) is 3.30. The Hall–Kier alpha value is -1.98. The van der Waals surface area contributed by atoms with E-state index in [-0.39, 0.29) is 5.69 Å². The Kier molecular flexibility index (Phi) is 2.11. The highest BCUT2D eigenvalue weighted by atomic mass is 16.6. The number of nitrogens with zero attached hydrogens (tertiary/aromatic N) is 4. The molecule has 0 aliphatic heterocycles. The highest BCUT2D eigenvalue weighted by Gasteiger charge is 2.17. The van der Waals surface area contributed by atoms with Crippen molar-refractivity contribution < 1.29 is 4.92 Å². The quantitative estimate of drug-likeness (QED) is 0.551. The monoisotopic (exact) mass is 206 g/mol. The fourth-order valence-electron chi connectivity index (χ4n) is 1.53. The molecule has 78 valence electrons. The maximum absolute atomic E-state index is 10.7. The molecule has 6 nitrogen and oxygen atoms in total. The van der Waals surface area contributed by atoms with Crippen LogP contribution in [0.3, 0.4) is 0 Å². The first-order valence-electron chi connectivity index (χ1n) is 4.62. The highest BCUT2D eigenvalue weighted by molar-refractivity contribution is 5.58. The van der Waals surface area contributed by atoms with Crippen LogP contribution in [-0.4, -0.2) is 19.5 Å². The van der Waals surface area contributed by atoms with E-state index in [0.717, 1.165) is 17.8 Å². The van der Waals surface area contributed by atoms with Gasteiger partial charge in [0.25, 0.3) is 0 Å². The van der Waals surface area contributed by atoms with Gasteiger partial charge in [0.15, 0.2) is 0 Å². The van der Waals surface area contributed by atoms with E-state index < -0.39 is 4.92 Å². The smallest absolute Gasteiger partial charge is 0.258 e. The van der Waals surface area contributed by atoms with Crippen molar-refractivity contribution in [3.8, 4) is 0 Å². The predicted molar refractivity (Wildman–Crippen MR) is 53.8 cm³/mol. The molecule has 0 bridgehead atoms. The Morgan fingerprint density at radius 3 is 2.93 bits per heavy atom. The van der Waals surface area contributed by atoms with Crippen LogP contribution in [-0.2, 0) is 6.42 Å². The molecule has 2 rings (SSSR count). The van der Waals surface area contributed by atoms with Crippen molar-refractivity contribution in [1.82, 2.24) is 14.6 Å². The summed E-state index contributed by atoms with van der Waals surface area (Å²) in [7, 11) is 0. The van der Waals surface area contributed by atoms with Crippen LogP contribution in [0.5, 0.6) is 0 Å². The van der Waals surface area contributed by atoms with E-state index in [4.69, 9.17) is 0 Å². The molecule has 2 aromatic heterocycles. The van der Waals surface area contributed by atoms with Crippen LogP contribution in [0.25, 0.3) is 5.65 Å². The summed E-state index contributed by atoms with van der Waals surface area (Å²) in [6.07, 6.45) is 2.00. The molecule has 0 saturated heterocycles. The molecule has 0 saturated carbocycles. The van der Waals surface area contributed by atoms with Gasteiger partial charge in [0.2, 0.25) is 5.65 Å². The molecule has 0 spiro atoms. The van der Waals surface area contributed by atoms with E-state index in [9.17, 15) is 10.1 Å². The minimum absolute atomic E-state index is 0.0478. The molecule has 2 heterocycles. The number of nitro groups is 1. The summed E-state index contributed by atoms with van der Waals surface area (Å²) < 4.78 is 1.52. The van der Waals surface area contributed by atoms with Gasteiger partial charge in [-0.25, -0.2) is 9.50 Å². The Balaban J connectivity index is 2.80. The minimum Gasteiger partial charge on any atom is -0.258 e. The van der Waals surface area contributed by atoms with E-state index in [1.54, 1.807) is 0 Å². The Bertz CT molecular complexity index is 532. The molecular formula is C9H10N4O2. The SMILES string of the molecule is CCc1cc(C)nc2c([N+](=O)[O-])cnn12. The number of fused-ring (bicyclic) bond motifs is 1. The number of aryl methyl sites for hydroxylation is 2. The maximum Gasteiger partial charge on any atom is 0.333 e. The van der Waals surface area contributed by atoms with Crippen LogP contribution in [0, 0.1) is 17.0 Å². The van der Waals surface area contributed by atoms with Crippen LogP contribution in [0.4, 0.5) is 5.69 Å². The van der Waals surface area contributed by atoms with Gasteiger partial charge in [-0.3, -0.25) is 10.1 Å². The first-order chi connectivity index (χ1) is 7.13. The van der Waals surface area contributed by atoms with E-state index in [1.165, 1.54) is 10.7 Å². The number of aromatic nitrogens is 3. The molecule has 2 aromatic rings. The van der Waals surface area contributed by atoms with E-state index in [0.29, 0.717) is 5.65 Å². The van der Waals surface area contributed by atoms with Crippen LogP contribution >= 0.6 is 0 Å². The predicted octanol–water partition coefficient (Wildman–Crippen LogP) is 1.51. The van der Waals surface area contributed by atoms with Crippen LogP contribution < -0.4 is 0 Å². The molecule has 0 unspecified atom stereocenters. The summed E-state index contributed by atoms with van der Waals surface area (Å²) in [5, 5.41) is 14.7. The summed E-state index contributed by atoms with van der Waals surface area (Å²) in [4.78, 5) is 14.4. The maximum atomic E-state index is 10.7. The Morgan fingerprint density at radius 1 is 1.60 bits per heavy atom. The fourth-order valence-corrected chi connectivity index (χ4v) is 1.53. The standard InChI is InChI=1S/C9H10N4O2/c1-3-7-4-6(2)11-9-8(13(14)15)5-10-12(7)9/h4-5H,3H2,1-2H3. The normalized spacial score (nSPS) is 10.8. The third-order valence-electron chi connectivity index (χ3n) is 2.21. The Labute approximate surface area is 85.7 Å². The summed E-state index contributed by atoms with van der Waals surface area (Å²) >= 11 is 0. The van der Waals surface area contributed by atoms with Crippen LogP contribution in [0.15, 0.2) is 12.3 Å². The first kappa shape index (κ1) is 9.57. The van der Waals surface area contributed by atoms with Gasteiger partial charge in [0.1, 0.15) is 6.20 Å². The molecule has 6 heteroatoms. The molecule has 0 radical (unpaired) electrons. The average molecular weight is 206 g/mol. The van der Waals surface area contributed by atoms with Crippen molar-refractivity contribution in [1.29, 1.82) is 0 Å². The molecule has 0 aromatic carbocycles. The number of hydrogen-bond donors (Lipinski definition) is 0. The van der Waals surface area contributed by atoms with Gasteiger partial charge >= 0.3 is 5.69 Å². The van der Waals surface area contributed by atoms with E-state index in [1.807, 2.05) is 19.9 Å². The van der Waals surface area contributed by atoms with E-state index >= 15 is 0 Å². The summed E-state index contributed by atoms with van der Waals surface area (Å²) in [5.41, 5.74) is 1.96. The lowest BCUT2D eigenvalue weighted by Crippen LogP contribution is -2.01. The summed E-state index contributed by atoms with van der Waals surface area (Å²) in [5.74, 6) is 0. The lowest BCUT2D eigenvalue weighted by Gasteiger charge is -2.01. The van der Waals surface area contributed by atoms with Gasteiger partial charge in [-0.05, 0) is 19.4 Å². The molecule has 0 atom stereocenters. The minimum atomic E-state index is -0.464. The third-order valence-corrected chi connectivity index (χ3v) is 2.21. The van der Waals surface area contributed by atoms with Crippen molar-refractivity contribution in [3.05, 3.63) is 33.8 Å². The van der Waals surface area contributed by atoms with Gasteiger partial charge in [-0.1, -0.05) is 6.92 Å². The zero-order valence-electron chi connectivity index (χ0n) is 8.47. The average Bonchev–Trinajstić information content (AvgIpc) is 2.59. The van der Waals surface area contributed by atoms with Gasteiger partial charge in [-0.15, -0.1) is 0 Å². The molecule has 0 aliphatic rings. The molecule has 15 heavy (non-hydrogen) atoms. The van der Waals surface area contributed by atoms with Gasteiger partial charge in [0, 0.05) is 11.4 Å². The second-order valence-electron chi connectivity index (χ2n) is 3.26. The van der Waals surface area contributed by atoms with E-state index in [2.05, 4.69) is 10.1 Å². The fraction of sp³-hybridized carbons (Fsp3) is 0.333. The zero-order chi connectivity index (χ0) is 11.0. The Morgan fingerprint density at radius 2 is 2.33 bits per heavy atom. The second-order valence-corrected chi connectivity index (χ2v) is 3.26. The molecule has 0 N–H and O–H groups in total. The van der Waals surface area contributed by atoms with Crippen LogP contribution in [0.1, 0.15) is 18.3 Å². The topological polar surface area (TPSA) is 73.3 Å². The van der Waals surface area contributed by atoms with Crippen LogP contribution in [0.2, 0.25) is 0 Å². The van der Waals surface area contributed by atoms with Gasteiger partial charge < -0.3 is 0 Å². The van der Waals surface area contributed by atoms with Crippen molar-refractivity contribution in [3.63, 3.8) is 0 Å². The lowest BCUT2D eigenvalue weighted by molar-refractivity contribution is -0.383. The van der Waals surface area contributed by atoms with Gasteiger partial charge in [-0.2, -0.15) is 5.10 Å². The van der Waals surface area contributed by atoms with Gasteiger partial charge in [0.05, 0.1) is 4.92 Å². The van der Waals surface area contributed by atoms with Crippen molar-refractivity contribution in [2.45, 2.75) is 20.3 Å².